The lowest BCUT2D eigenvalue weighted by molar-refractivity contribution is -0.162. The molecule has 260 valence electrons. The number of fused-ring (bicyclic) bond motifs is 3. The van der Waals surface area contributed by atoms with E-state index in [2.05, 4.69) is 5.32 Å². The van der Waals surface area contributed by atoms with Crippen molar-refractivity contribution in [2.24, 2.45) is 11.8 Å². The van der Waals surface area contributed by atoms with E-state index in [0.717, 1.165) is 10.8 Å². The first kappa shape index (κ1) is 33.6. The van der Waals surface area contributed by atoms with Gasteiger partial charge in [0.2, 0.25) is 11.8 Å². The van der Waals surface area contributed by atoms with Gasteiger partial charge in [-0.25, -0.2) is 0 Å². The number of esters is 1. The lowest BCUT2D eigenvalue weighted by Gasteiger charge is -2.36. The molecule has 0 unspecified atom stereocenters. The molecule has 0 aromatic heterocycles. The molecule has 4 aliphatic rings. The molecule has 11 heteroatoms. The van der Waals surface area contributed by atoms with Crippen LogP contribution in [0.15, 0.2) is 97.1 Å². The van der Waals surface area contributed by atoms with E-state index in [4.69, 9.17) is 14.2 Å². The summed E-state index contributed by atoms with van der Waals surface area (Å²) in [7, 11) is 1.51. The van der Waals surface area contributed by atoms with Gasteiger partial charge in [0.1, 0.15) is 23.7 Å². The fourth-order valence-electron chi connectivity index (χ4n) is 7.92. The van der Waals surface area contributed by atoms with Crippen LogP contribution >= 0.6 is 0 Å². The zero-order valence-electron chi connectivity index (χ0n) is 27.9. The van der Waals surface area contributed by atoms with E-state index < -0.39 is 53.6 Å². The van der Waals surface area contributed by atoms with Crippen molar-refractivity contribution in [1.82, 2.24) is 10.2 Å². The molecule has 0 aliphatic carbocycles. The van der Waals surface area contributed by atoms with E-state index in [9.17, 15) is 24.3 Å². The second-order valence-electron chi connectivity index (χ2n) is 13.2. The number of allylic oxidation sites excluding steroid dienone is 1. The molecule has 7 rings (SSSR count). The summed E-state index contributed by atoms with van der Waals surface area (Å²) in [4.78, 5) is 60.1. The number of amides is 3. The third-order valence-corrected chi connectivity index (χ3v) is 10.2. The second-order valence-corrected chi connectivity index (χ2v) is 13.2. The van der Waals surface area contributed by atoms with E-state index >= 15 is 0 Å². The van der Waals surface area contributed by atoms with Gasteiger partial charge in [0.05, 0.1) is 24.7 Å². The van der Waals surface area contributed by atoms with Gasteiger partial charge < -0.3 is 34.4 Å². The topological polar surface area (TPSA) is 135 Å². The lowest BCUT2D eigenvalue weighted by atomic mass is 9.74. The molecule has 2 N–H and O–H groups in total. The zero-order valence-corrected chi connectivity index (χ0v) is 27.9. The van der Waals surface area contributed by atoms with Gasteiger partial charge in [-0.1, -0.05) is 85.0 Å². The average Bonchev–Trinajstić information content (AvgIpc) is 3.77. The highest BCUT2D eigenvalue weighted by molar-refractivity contribution is 6.06. The van der Waals surface area contributed by atoms with E-state index in [0.29, 0.717) is 17.7 Å². The summed E-state index contributed by atoms with van der Waals surface area (Å²) in [5.74, 6) is -3.78. The first-order chi connectivity index (χ1) is 24.4. The van der Waals surface area contributed by atoms with Crippen molar-refractivity contribution in [3.05, 3.63) is 103 Å². The number of rotatable bonds is 7. The van der Waals surface area contributed by atoms with Crippen LogP contribution in [0, 0.1) is 11.8 Å². The van der Waals surface area contributed by atoms with Crippen LogP contribution in [0.4, 0.5) is 5.69 Å². The van der Waals surface area contributed by atoms with E-state index in [-0.39, 0.29) is 51.0 Å². The summed E-state index contributed by atoms with van der Waals surface area (Å²) in [5.41, 5.74) is -0.145. The van der Waals surface area contributed by atoms with Gasteiger partial charge in [-0.15, -0.1) is 0 Å². The minimum atomic E-state index is -1.42. The van der Waals surface area contributed by atoms with Gasteiger partial charge in [0, 0.05) is 38.9 Å². The Kier molecular flexibility index (Phi) is 9.54. The smallest absolute Gasteiger partial charge is 0.313 e. The number of cyclic esters (lactones) is 1. The number of ether oxygens (including phenoxy) is 3. The Bertz CT molecular complexity index is 1830. The Morgan fingerprint density at radius 2 is 1.74 bits per heavy atom. The average molecular weight is 680 g/mol. The van der Waals surface area contributed by atoms with Gasteiger partial charge in [-0.05, 0) is 41.3 Å². The van der Waals surface area contributed by atoms with E-state index in [1.54, 1.807) is 17.1 Å². The molecule has 7 atom stereocenters. The van der Waals surface area contributed by atoms with Crippen molar-refractivity contribution >= 4 is 40.2 Å². The van der Waals surface area contributed by atoms with Crippen LogP contribution in [0.2, 0.25) is 0 Å². The highest BCUT2D eigenvalue weighted by atomic mass is 16.6. The normalized spacial score (nSPS) is 30.4. The molecule has 50 heavy (non-hydrogen) atoms. The summed E-state index contributed by atoms with van der Waals surface area (Å²) in [6, 6.07) is 20.9. The SMILES string of the molecule is COC[C@H]1NC(=O)CC/C=C\CN(c2ccc3ccccc3c2)C(=O)[C@@H]2N(CCCO)C(=O)[C@H]3[C@H](C(=O)O[C@@H]1c1ccccc1)[C@@H]1C=C[C@]23O1. The summed E-state index contributed by atoms with van der Waals surface area (Å²) in [6.07, 6.45) is 6.28. The molecule has 0 radical (unpaired) electrons. The number of hydrogen-bond acceptors (Lipinski definition) is 8. The van der Waals surface area contributed by atoms with Gasteiger partial charge in [-0.2, -0.15) is 0 Å². The highest BCUT2D eigenvalue weighted by Gasteiger charge is 2.73. The van der Waals surface area contributed by atoms with Gasteiger partial charge in [0.25, 0.3) is 5.91 Å². The maximum absolute atomic E-state index is 15.0. The molecule has 2 saturated heterocycles. The maximum atomic E-state index is 15.0. The minimum Gasteiger partial charge on any atom is -0.455 e. The van der Waals surface area contributed by atoms with Crippen LogP contribution in [-0.2, 0) is 33.4 Å². The molecule has 2 fully saturated rings. The molecule has 11 nitrogen and oxygen atoms in total. The third-order valence-electron chi connectivity index (χ3n) is 10.2. The number of carbonyl (C=O) groups is 4. The fraction of sp³-hybridized carbons (Fsp3) is 0.385. The van der Waals surface area contributed by atoms with Crippen molar-refractivity contribution in [2.45, 2.75) is 49.2 Å². The zero-order chi connectivity index (χ0) is 34.8. The summed E-state index contributed by atoms with van der Waals surface area (Å²) in [6.45, 7) is 0.149. The number of methoxy groups -OCH3 is 1. The van der Waals surface area contributed by atoms with Crippen molar-refractivity contribution in [2.75, 3.05) is 38.3 Å². The first-order valence-electron chi connectivity index (χ1n) is 17.1. The summed E-state index contributed by atoms with van der Waals surface area (Å²) >= 11 is 0. The van der Waals surface area contributed by atoms with Crippen LogP contribution in [0.3, 0.4) is 0 Å². The number of anilines is 1. The predicted molar refractivity (Wildman–Crippen MR) is 185 cm³/mol. The van der Waals surface area contributed by atoms with Crippen LogP contribution in [0.5, 0.6) is 0 Å². The third kappa shape index (κ3) is 5.99. The molecule has 4 heterocycles. The number of aliphatic hydroxyl groups excluding tert-OH is 1. The minimum absolute atomic E-state index is 0.0669. The quantitative estimate of drug-likeness (QED) is 0.287. The Morgan fingerprint density at radius 1 is 0.960 bits per heavy atom. The molecule has 3 amide bonds. The van der Waals surface area contributed by atoms with Crippen LogP contribution in [0.1, 0.15) is 30.9 Å². The number of aliphatic hydroxyl groups is 1. The lowest BCUT2D eigenvalue weighted by Crippen LogP contribution is -2.56. The number of carbonyl (C=O) groups excluding carboxylic acids is 4. The molecule has 5 bridgehead atoms. The molecule has 0 saturated carbocycles. The predicted octanol–water partition coefficient (Wildman–Crippen LogP) is 3.47. The van der Waals surface area contributed by atoms with Crippen molar-refractivity contribution in [3.63, 3.8) is 0 Å². The van der Waals surface area contributed by atoms with Gasteiger partial charge >= 0.3 is 5.97 Å². The van der Waals surface area contributed by atoms with Crippen LogP contribution < -0.4 is 10.2 Å². The standard InChI is InChI=1S/C39H41N3O8/c1-48-24-29-34(26-12-4-2-5-13-26)49-38(47)32-30-18-19-39(50-30)33(32)36(45)42(21-10-22-43)35(39)37(46)41(20-9-3-6-15-31(44)40-29)28-17-16-25-11-7-8-14-27(25)23-28/h2-5,7-9,11-14,16-19,23,29-30,32-35,43H,6,10,15,20-22,24H2,1H3,(H,40,44)/b9-3-/t29-,30+,32-,33-,34-,35+,39-/m1/s1. The number of nitrogens with one attached hydrogen (secondary N) is 1. The van der Waals surface area contributed by atoms with Crippen LogP contribution in [-0.4, -0.2) is 90.9 Å². The summed E-state index contributed by atoms with van der Waals surface area (Å²) in [5, 5.41) is 14.7. The monoisotopic (exact) mass is 679 g/mol. The molecule has 3 aromatic carbocycles. The number of benzene rings is 3. The molecule has 4 aliphatic heterocycles. The van der Waals surface area contributed by atoms with Gasteiger partial charge in [-0.3, -0.25) is 19.2 Å². The largest absolute Gasteiger partial charge is 0.455 e. The Hall–Kier alpha value is -4.84. The fourth-order valence-corrected chi connectivity index (χ4v) is 7.92. The number of nitrogens with zero attached hydrogens (tertiary/aromatic N) is 2. The van der Waals surface area contributed by atoms with Crippen molar-refractivity contribution in [1.29, 1.82) is 0 Å². The van der Waals surface area contributed by atoms with Gasteiger partial charge in [0.15, 0.2) is 0 Å². The highest BCUT2D eigenvalue weighted by Crippen LogP contribution is 2.56. The first-order valence-corrected chi connectivity index (χ1v) is 17.1. The molecule has 3 aromatic rings. The number of hydrogen-bond donors (Lipinski definition) is 2. The van der Waals surface area contributed by atoms with Crippen molar-refractivity contribution < 1.29 is 38.5 Å². The van der Waals surface area contributed by atoms with E-state index in [1.165, 1.54) is 12.0 Å². The maximum Gasteiger partial charge on any atom is 0.313 e. The van der Waals surface area contributed by atoms with Crippen LogP contribution in [0.25, 0.3) is 10.8 Å². The Labute approximate surface area is 290 Å². The molecular formula is C39H41N3O8. The number of likely N-dealkylation sites (tertiary alicyclic amines) is 1. The second kappa shape index (κ2) is 14.2. The Morgan fingerprint density at radius 3 is 2.52 bits per heavy atom. The van der Waals surface area contributed by atoms with E-state index in [1.807, 2.05) is 84.9 Å². The van der Waals surface area contributed by atoms with Crippen molar-refractivity contribution in [3.8, 4) is 0 Å². The molecule has 1 spiro atoms. The Balaban J connectivity index is 1.33. The summed E-state index contributed by atoms with van der Waals surface area (Å²) < 4.78 is 18.3. The molecular weight excluding hydrogens is 638 g/mol.